The number of rotatable bonds is 10. The van der Waals surface area contributed by atoms with Crippen molar-refractivity contribution in [3.8, 4) is 44.9 Å². The molecule has 6 heteroatoms. The van der Waals surface area contributed by atoms with Gasteiger partial charge in [-0.25, -0.2) is 9.59 Å². The molecule has 1 aliphatic carbocycles. The lowest BCUT2D eigenvalue weighted by molar-refractivity contribution is -0.156. The van der Waals surface area contributed by atoms with E-state index in [0.717, 1.165) is 40.8 Å². The van der Waals surface area contributed by atoms with Crippen molar-refractivity contribution in [3.63, 3.8) is 0 Å². The van der Waals surface area contributed by atoms with Gasteiger partial charge in [0.2, 0.25) is 12.6 Å². The van der Waals surface area contributed by atoms with Crippen molar-refractivity contribution in [1.82, 2.24) is 0 Å². The van der Waals surface area contributed by atoms with E-state index in [1.807, 2.05) is 48.5 Å². The standard InChI is InChI=1S/C35H30O6/c1-5-33(36)40-22(3)38-27-15-11-24(12-16-27)30-19-20-31-29-10-8-7-9-26(29)21-32(31)35(30)25-13-17-28(18-14-25)39-23(4)41-34(37)6-2/h5-20,22-23H,1-2,21H2,3-4H3. The molecule has 0 aromatic heterocycles. The summed E-state index contributed by atoms with van der Waals surface area (Å²) in [5.41, 5.74) is 9.31. The van der Waals surface area contributed by atoms with E-state index in [4.69, 9.17) is 18.9 Å². The van der Waals surface area contributed by atoms with E-state index in [1.54, 1.807) is 13.8 Å². The van der Waals surface area contributed by atoms with Crippen LogP contribution in [0.2, 0.25) is 0 Å². The summed E-state index contributed by atoms with van der Waals surface area (Å²) in [5, 5.41) is 0. The Labute approximate surface area is 239 Å². The van der Waals surface area contributed by atoms with Gasteiger partial charge in [0.25, 0.3) is 0 Å². The topological polar surface area (TPSA) is 71.1 Å². The molecule has 2 unspecified atom stereocenters. The molecule has 5 rings (SSSR count). The summed E-state index contributed by atoms with van der Waals surface area (Å²) in [6, 6.07) is 28.3. The Morgan fingerprint density at radius 2 is 1.17 bits per heavy atom. The van der Waals surface area contributed by atoms with Gasteiger partial charge < -0.3 is 18.9 Å². The summed E-state index contributed by atoms with van der Waals surface area (Å²) in [6.07, 6.45) is 1.54. The summed E-state index contributed by atoms with van der Waals surface area (Å²) in [4.78, 5) is 23.0. The number of fused-ring (bicyclic) bond motifs is 3. The van der Waals surface area contributed by atoms with Crippen molar-refractivity contribution in [2.24, 2.45) is 0 Å². The van der Waals surface area contributed by atoms with Crippen molar-refractivity contribution in [3.05, 3.63) is 121 Å². The second-order valence-corrected chi connectivity index (χ2v) is 9.55. The van der Waals surface area contributed by atoms with E-state index >= 15 is 0 Å². The Morgan fingerprint density at radius 3 is 1.73 bits per heavy atom. The van der Waals surface area contributed by atoms with Crippen molar-refractivity contribution < 1.29 is 28.5 Å². The number of benzene rings is 4. The number of ether oxygens (including phenoxy) is 4. The maximum absolute atomic E-state index is 11.5. The van der Waals surface area contributed by atoms with Crippen LogP contribution in [0.1, 0.15) is 25.0 Å². The van der Waals surface area contributed by atoms with Crippen LogP contribution in [-0.4, -0.2) is 24.5 Å². The average Bonchev–Trinajstić information content (AvgIpc) is 3.36. The van der Waals surface area contributed by atoms with E-state index in [0.29, 0.717) is 11.5 Å². The molecule has 0 heterocycles. The minimum atomic E-state index is -0.749. The van der Waals surface area contributed by atoms with E-state index < -0.39 is 24.5 Å². The zero-order chi connectivity index (χ0) is 28.9. The van der Waals surface area contributed by atoms with Gasteiger partial charge >= 0.3 is 11.9 Å². The van der Waals surface area contributed by atoms with E-state index in [2.05, 4.69) is 49.6 Å². The van der Waals surface area contributed by atoms with Crippen molar-refractivity contribution in [1.29, 1.82) is 0 Å². The van der Waals surface area contributed by atoms with Crippen LogP contribution in [0.25, 0.3) is 33.4 Å². The number of carbonyl (C=O) groups is 2. The predicted molar refractivity (Wildman–Crippen MR) is 158 cm³/mol. The Bertz CT molecular complexity index is 1600. The summed E-state index contributed by atoms with van der Waals surface area (Å²) < 4.78 is 21.8. The summed E-state index contributed by atoms with van der Waals surface area (Å²) in [5.74, 6) is 0.0905. The van der Waals surface area contributed by atoms with Crippen molar-refractivity contribution in [2.45, 2.75) is 32.8 Å². The Kier molecular flexibility index (Phi) is 8.01. The molecule has 0 N–H and O–H groups in total. The normalized spacial score (nSPS) is 12.7. The molecule has 0 bridgehead atoms. The fraction of sp³-hybridized carbons (Fsp3) is 0.143. The van der Waals surface area contributed by atoms with Gasteiger partial charge in [0, 0.05) is 26.0 Å². The maximum atomic E-state index is 11.5. The van der Waals surface area contributed by atoms with Crippen LogP contribution < -0.4 is 9.47 Å². The van der Waals surface area contributed by atoms with Crippen LogP contribution in [0.5, 0.6) is 11.5 Å². The SMILES string of the molecule is C=CC(=O)OC(C)Oc1ccc(-c2ccc3c(c2-c2ccc(OC(C)OC(=O)C=C)cc2)Cc2ccccc2-3)cc1. The Morgan fingerprint density at radius 1 is 0.659 bits per heavy atom. The molecule has 0 spiro atoms. The molecule has 0 aliphatic heterocycles. The van der Waals surface area contributed by atoms with Crippen LogP contribution in [0.3, 0.4) is 0 Å². The van der Waals surface area contributed by atoms with Gasteiger partial charge in [-0.2, -0.15) is 0 Å². The first-order valence-electron chi connectivity index (χ1n) is 13.3. The minimum absolute atomic E-state index is 0.540. The highest BCUT2D eigenvalue weighted by molar-refractivity contribution is 5.93. The molecule has 2 atom stereocenters. The maximum Gasteiger partial charge on any atom is 0.333 e. The van der Waals surface area contributed by atoms with E-state index in [-0.39, 0.29) is 0 Å². The fourth-order valence-corrected chi connectivity index (χ4v) is 5.05. The highest BCUT2D eigenvalue weighted by atomic mass is 16.7. The van der Waals surface area contributed by atoms with E-state index in [1.165, 1.54) is 22.3 Å². The molecule has 1 aliphatic rings. The number of esters is 2. The molecule has 0 amide bonds. The van der Waals surface area contributed by atoms with Gasteiger partial charge in [-0.1, -0.05) is 73.8 Å². The van der Waals surface area contributed by atoms with Crippen LogP contribution >= 0.6 is 0 Å². The lowest BCUT2D eigenvalue weighted by atomic mass is 9.88. The molecule has 41 heavy (non-hydrogen) atoms. The van der Waals surface area contributed by atoms with Crippen LogP contribution in [0.15, 0.2) is 110 Å². The average molecular weight is 547 g/mol. The lowest BCUT2D eigenvalue weighted by Gasteiger charge is -2.18. The van der Waals surface area contributed by atoms with Crippen molar-refractivity contribution in [2.75, 3.05) is 0 Å². The highest BCUT2D eigenvalue weighted by Gasteiger charge is 2.24. The largest absolute Gasteiger partial charge is 0.455 e. The molecule has 0 saturated carbocycles. The molecule has 4 aromatic rings. The van der Waals surface area contributed by atoms with Crippen LogP contribution in [-0.2, 0) is 25.5 Å². The monoisotopic (exact) mass is 546 g/mol. The molecule has 206 valence electrons. The van der Waals surface area contributed by atoms with Gasteiger partial charge in [0.05, 0.1) is 0 Å². The second-order valence-electron chi connectivity index (χ2n) is 9.55. The molecular weight excluding hydrogens is 516 g/mol. The minimum Gasteiger partial charge on any atom is -0.455 e. The number of hydrogen-bond donors (Lipinski definition) is 0. The quantitative estimate of drug-likeness (QED) is 0.103. The molecular formula is C35H30O6. The van der Waals surface area contributed by atoms with Gasteiger partial charge in [-0.3, -0.25) is 0 Å². The third-order valence-electron chi connectivity index (χ3n) is 6.80. The third kappa shape index (κ3) is 6.07. The van der Waals surface area contributed by atoms with Gasteiger partial charge in [-0.15, -0.1) is 0 Å². The fourth-order valence-electron chi connectivity index (χ4n) is 5.05. The van der Waals surface area contributed by atoms with Gasteiger partial charge in [0.15, 0.2) is 0 Å². The Balaban J connectivity index is 1.48. The van der Waals surface area contributed by atoms with Gasteiger partial charge in [0.1, 0.15) is 11.5 Å². The van der Waals surface area contributed by atoms with E-state index in [9.17, 15) is 9.59 Å². The first-order valence-corrected chi connectivity index (χ1v) is 13.3. The first kappa shape index (κ1) is 27.5. The van der Waals surface area contributed by atoms with Crippen molar-refractivity contribution >= 4 is 11.9 Å². The molecule has 0 saturated heterocycles. The number of hydrogen-bond acceptors (Lipinski definition) is 6. The number of carbonyl (C=O) groups excluding carboxylic acids is 2. The molecule has 6 nitrogen and oxygen atoms in total. The smallest absolute Gasteiger partial charge is 0.333 e. The van der Waals surface area contributed by atoms with Crippen LogP contribution in [0, 0.1) is 0 Å². The lowest BCUT2D eigenvalue weighted by Crippen LogP contribution is -2.19. The van der Waals surface area contributed by atoms with Crippen LogP contribution in [0.4, 0.5) is 0 Å². The zero-order valence-corrected chi connectivity index (χ0v) is 23.0. The summed E-state index contributed by atoms with van der Waals surface area (Å²) >= 11 is 0. The zero-order valence-electron chi connectivity index (χ0n) is 23.0. The molecule has 0 radical (unpaired) electrons. The Hall–Kier alpha value is -5.10. The second kappa shape index (κ2) is 12.0. The highest BCUT2D eigenvalue weighted by Crippen LogP contribution is 2.46. The third-order valence-corrected chi connectivity index (χ3v) is 6.80. The molecule has 4 aromatic carbocycles. The summed E-state index contributed by atoms with van der Waals surface area (Å²) in [6.45, 7) is 10.1. The summed E-state index contributed by atoms with van der Waals surface area (Å²) in [7, 11) is 0. The predicted octanol–water partition coefficient (Wildman–Crippen LogP) is 7.50. The van der Waals surface area contributed by atoms with Gasteiger partial charge in [-0.05, 0) is 75.2 Å². The first-order chi connectivity index (χ1) is 19.9. The molecule has 0 fully saturated rings.